The molecule has 3 aromatic carbocycles. The Kier molecular flexibility index (Phi) is 13.5. The number of carbonyl (C=O) groups excluding carboxylic acids is 1. The van der Waals surface area contributed by atoms with E-state index in [4.69, 9.17) is 13.9 Å². The van der Waals surface area contributed by atoms with Gasteiger partial charge in [0.05, 0.1) is 20.3 Å². The van der Waals surface area contributed by atoms with Gasteiger partial charge in [-0.25, -0.2) is 0 Å². The molecule has 0 saturated heterocycles. The van der Waals surface area contributed by atoms with Crippen LogP contribution in [0.5, 0.6) is 5.75 Å². The zero-order chi connectivity index (χ0) is 31.1. The van der Waals surface area contributed by atoms with Gasteiger partial charge in [-0.2, -0.15) is 0 Å². The molecule has 0 aliphatic heterocycles. The molecule has 228 valence electrons. The van der Waals surface area contributed by atoms with E-state index < -0.39 is 8.32 Å². The summed E-state index contributed by atoms with van der Waals surface area (Å²) in [6.45, 7) is 12.7. The summed E-state index contributed by atoms with van der Waals surface area (Å²) in [5.74, 6) is 7.12. The molecule has 0 N–H and O–H groups in total. The van der Waals surface area contributed by atoms with Crippen molar-refractivity contribution < 1.29 is 18.7 Å². The van der Waals surface area contributed by atoms with E-state index >= 15 is 0 Å². The van der Waals surface area contributed by atoms with Crippen molar-refractivity contribution in [3.05, 3.63) is 103 Å². The van der Waals surface area contributed by atoms with E-state index in [9.17, 15) is 4.79 Å². The van der Waals surface area contributed by atoms with Crippen molar-refractivity contribution in [1.29, 1.82) is 0 Å². The first kappa shape index (κ1) is 34.1. The number of allylic oxidation sites excluding steroid dienone is 1. The van der Waals surface area contributed by atoms with Crippen molar-refractivity contribution in [1.82, 2.24) is 0 Å². The van der Waals surface area contributed by atoms with Crippen molar-refractivity contribution >= 4 is 24.5 Å². The average molecular weight is 597 g/mol. The molecule has 0 aromatic heterocycles. The third kappa shape index (κ3) is 10.4. The van der Waals surface area contributed by atoms with Gasteiger partial charge in [0.1, 0.15) is 5.75 Å². The summed E-state index contributed by atoms with van der Waals surface area (Å²) in [6, 6.07) is 29.2. The summed E-state index contributed by atoms with van der Waals surface area (Å²) in [5, 5.41) is 2.50. The second kappa shape index (κ2) is 17.0. The van der Waals surface area contributed by atoms with E-state index in [0.717, 1.165) is 24.2 Å². The Hall–Kier alpha value is -3.43. The van der Waals surface area contributed by atoms with Gasteiger partial charge in [0.25, 0.3) is 8.32 Å². The highest BCUT2D eigenvalue weighted by Gasteiger charge is 2.49. The van der Waals surface area contributed by atoms with Crippen LogP contribution in [-0.2, 0) is 20.6 Å². The van der Waals surface area contributed by atoms with Crippen LogP contribution >= 0.6 is 0 Å². The summed E-state index contributed by atoms with van der Waals surface area (Å²) < 4.78 is 17.9. The highest BCUT2D eigenvalue weighted by Crippen LogP contribution is 2.36. The normalized spacial score (nSPS) is 13.3. The number of ether oxygens (including phenoxy) is 2. The fraction of sp³-hybridized carbons (Fsp3) is 0.395. The van der Waals surface area contributed by atoms with Gasteiger partial charge in [-0.05, 0) is 57.8 Å². The predicted octanol–water partition coefficient (Wildman–Crippen LogP) is 7.36. The predicted molar refractivity (Wildman–Crippen MR) is 180 cm³/mol. The Morgan fingerprint density at radius 2 is 1.49 bits per heavy atom. The van der Waals surface area contributed by atoms with E-state index in [0.29, 0.717) is 26.2 Å². The Bertz CT molecular complexity index is 1290. The van der Waals surface area contributed by atoms with Crippen LogP contribution in [0.4, 0.5) is 0 Å². The number of Topliss-reactive ketones (excluding diaryl/α,β-unsaturated/α-hetero) is 1. The Morgan fingerprint density at radius 1 is 0.884 bits per heavy atom. The second-order valence-electron chi connectivity index (χ2n) is 12.3. The number of methoxy groups -OCH3 is 1. The molecule has 0 spiro atoms. The van der Waals surface area contributed by atoms with Gasteiger partial charge in [0.2, 0.25) is 5.78 Å². The van der Waals surface area contributed by atoms with Gasteiger partial charge >= 0.3 is 0 Å². The Morgan fingerprint density at radius 3 is 2.05 bits per heavy atom. The lowest BCUT2D eigenvalue weighted by molar-refractivity contribution is -0.114. The number of carbonyl (C=O) groups is 1. The van der Waals surface area contributed by atoms with E-state index in [1.165, 1.54) is 10.4 Å². The van der Waals surface area contributed by atoms with Crippen LogP contribution in [0.15, 0.2) is 97.1 Å². The van der Waals surface area contributed by atoms with Crippen molar-refractivity contribution in [2.75, 3.05) is 20.3 Å². The number of rotatable bonds is 15. The monoisotopic (exact) mass is 596 g/mol. The van der Waals surface area contributed by atoms with Gasteiger partial charge < -0.3 is 13.9 Å². The minimum atomic E-state index is -2.54. The van der Waals surface area contributed by atoms with Crippen LogP contribution in [0, 0.1) is 23.7 Å². The lowest BCUT2D eigenvalue weighted by atomic mass is 10.0. The van der Waals surface area contributed by atoms with Crippen LogP contribution in [0.25, 0.3) is 0 Å². The average Bonchev–Trinajstić information content (AvgIpc) is 3.00. The molecule has 0 aliphatic rings. The van der Waals surface area contributed by atoms with E-state index in [2.05, 4.69) is 112 Å². The summed E-state index contributed by atoms with van der Waals surface area (Å²) in [4.78, 5) is 12.5. The molecule has 0 heterocycles. The molecule has 3 rings (SSSR count). The van der Waals surface area contributed by atoms with Crippen LogP contribution < -0.4 is 15.1 Å². The lowest BCUT2D eigenvalue weighted by Gasteiger charge is -2.42. The molecule has 0 amide bonds. The second-order valence-corrected chi connectivity index (χ2v) is 16.6. The zero-order valence-corrected chi connectivity index (χ0v) is 27.8. The molecular formula is C38H48O4Si. The SMILES string of the molecule is COc1ccc(COCC[C@H](C)C#CC(=O)C[C@@H](C)C/C=C/CO[Si](c2ccccc2)(c2ccccc2)C(C)(C)C)cc1. The van der Waals surface area contributed by atoms with Crippen LogP contribution in [0.3, 0.4) is 0 Å². The first-order chi connectivity index (χ1) is 20.7. The maximum atomic E-state index is 12.5. The largest absolute Gasteiger partial charge is 0.497 e. The van der Waals surface area contributed by atoms with E-state index in [1.807, 2.05) is 31.2 Å². The molecule has 4 nitrogen and oxygen atoms in total. The topological polar surface area (TPSA) is 44.8 Å². The van der Waals surface area contributed by atoms with Crippen LogP contribution in [0.1, 0.15) is 59.4 Å². The van der Waals surface area contributed by atoms with Crippen molar-refractivity contribution in [3.8, 4) is 17.6 Å². The minimum absolute atomic E-state index is 0.00420. The standard InChI is InChI=1S/C38H48O4Si/c1-31(26-28-41-30-33-21-24-35(40-6)25-22-33)20-23-34(39)29-32(2)15-13-14-27-42-43(38(3,4)5,36-16-9-7-10-17-36)37-18-11-8-12-19-37/h7-14,16-19,21-22,24-25,31-32H,15,26-30H2,1-6H3/b14-13+/t31-,32+/m1/s1. The highest BCUT2D eigenvalue weighted by atomic mass is 28.4. The lowest BCUT2D eigenvalue weighted by Crippen LogP contribution is -2.66. The molecular weight excluding hydrogens is 549 g/mol. The third-order valence-corrected chi connectivity index (χ3v) is 12.6. The van der Waals surface area contributed by atoms with Crippen LogP contribution in [0.2, 0.25) is 5.04 Å². The van der Waals surface area contributed by atoms with Gasteiger partial charge in [-0.1, -0.05) is 125 Å². The molecule has 0 bridgehead atoms. The number of hydrogen-bond acceptors (Lipinski definition) is 4. The first-order valence-electron chi connectivity index (χ1n) is 15.3. The Labute approximate surface area is 260 Å². The van der Waals surface area contributed by atoms with Crippen molar-refractivity contribution in [2.24, 2.45) is 11.8 Å². The molecule has 2 atom stereocenters. The maximum Gasteiger partial charge on any atom is 0.261 e. The first-order valence-corrected chi connectivity index (χ1v) is 17.2. The maximum absolute atomic E-state index is 12.5. The molecule has 43 heavy (non-hydrogen) atoms. The smallest absolute Gasteiger partial charge is 0.261 e. The Balaban J connectivity index is 1.46. The van der Waals surface area contributed by atoms with Gasteiger partial charge in [0.15, 0.2) is 0 Å². The van der Waals surface area contributed by atoms with Crippen molar-refractivity contribution in [2.45, 2.75) is 65.5 Å². The molecule has 5 heteroatoms. The number of ketones is 1. The van der Waals surface area contributed by atoms with Crippen LogP contribution in [-0.4, -0.2) is 34.4 Å². The van der Waals surface area contributed by atoms with E-state index in [1.54, 1.807) is 7.11 Å². The fourth-order valence-corrected chi connectivity index (χ4v) is 9.73. The molecule has 0 aliphatic carbocycles. The molecule has 0 radical (unpaired) electrons. The zero-order valence-electron chi connectivity index (χ0n) is 26.8. The number of benzene rings is 3. The molecule has 0 fully saturated rings. The highest BCUT2D eigenvalue weighted by molar-refractivity contribution is 6.99. The summed E-state index contributed by atoms with van der Waals surface area (Å²) in [7, 11) is -0.887. The van der Waals surface area contributed by atoms with Gasteiger partial charge in [-0.3, -0.25) is 4.79 Å². The molecule has 3 aromatic rings. The third-order valence-electron chi connectivity index (χ3n) is 7.63. The van der Waals surface area contributed by atoms with Gasteiger partial charge in [-0.15, -0.1) is 0 Å². The summed E-state index contributed by atoms with van der Waals surface area (Å²) in [5.41, 5.74) is 1.10. The quantitative estimate of drug-likeness (QED) is 0.0605. The summed E-state index contributed by atoms with van der Waals surface area (Å²) in [6.07, 6.45) is 6.31. The molecule has 0 unspecified atom stereocenters. The minimum Gasteiger partial charge on any atom is -0.497 e. The van der Waals surface area contributed by atoms with Crippen molar-refractivity contribution in [3.63, 3.8) is 0 Å². The number of hydrogen-bond donors (Lipinski definition) is 0. The fourth-order valence-electron chi connectivity index (χ4n) is 5.23. The van der Waals surface area contributed by atoms with Gasteiger partial charge in [0, 0.05) is 18.9 Å². The molecule has 0 saturated carbocycles. The van der Waals surface area contributed by atoms with E-state index in [-0.39, 0.29) is 22.7 Å². The summed E-state index contributed by atoms with van der Waals surface area (Å²) >= 11 is 0.